The molecule has 0 aliphatic carbocycles. The highest BCUT2D eigenvalue weighted by Gasteiger charge is 2.23. The lowest BCUT2D eigenvalue weighted by Gasteiger charge is -2.32. The number of hydrogen-bond acceptors (Lipinski definition) is 4. The minimum Gasteiger partial charge on any atom is -0.777 e. The zero-order valence-electron chi connectivity index (χ0n) is 10.3. The summed E-state index contributed by atoms with van der Waals surface area (Å²) in [5.74, 6) is -0.777. The molecule has 96 valence electrons. The van der Waals surface area contributed by atoms with E-state index in [0.29, 0.717) is 5.56 Å². The molecule has 5 heteroatoms. The molecule has 0 aliphatic heterocycles. The molecule has 0 saturated heterocycles. The van der Waals surface area contributed by atoms with Crippen LogP contribution in [0.1, 0.15) is 31.1 Å². The van der Waals surface area contributed by atoms with Crippen molar-refractivity contribution in [2.45, 2.75) is 25.5 Å². The molecular weight excluding hydrogens is 237 g/mol. The summed E-state index contributed by atoms with van der Waals surface area (Å²) < 4.78 is 17.0. The highest BCUT2D eigenvalue weighted by molar-refractivity contribution is 7.51. The van der Waals surface area contributed by atoms with E-state index in [-0.39, 0.29) is 6.61 Å². The minimum atomic E-state index is -3.92. The molecule has 0 aliphatic rings. The number of nitrogens with one attached hydrogen (secondary N) is 1. The molecule has 17 heavy (non-hydrogen) atoms. The molecular formula is C12H19NO3P-. The third-order valence-electron chi connectivity index (χ3n) is 2.47. The molecule has 0 fully saturated rings. The Bertz CT molecular complexity index is 369. The largest absolute Gasteiger partial charge is 0.777 e. The Morgan fingerprint density at radius 2 is 2.06 bits per heavy atom. The Morgan fingerprint density at radius 3 is 2.59 bits per heavy atom. The van der Waals surface area contributed by atoms with Crippen LogP contribution in [0.3, 0.4) is 0 Å². The third-order valence-corrected chi connectivity index (χ3v) is 4.21. The van der Waals surface area contributed by atoms with Crippen molar-refractivity contribution >= 4 is 7.60 Å². The molecule has 4 nitrogen and oxygen atoms in total. The normalized spacial score (nSPS) is 16.4. The minimum absolute atomic E-state index is 0.252. The van der Waals surface area contributed by atoms with E-state index >= 15 is 0 Å². The van der Waals surface area contributed by atoms with Crippen LogP contribution in [-0.4, -0.2) is 13.7 Å². The van der Waals surface area contributed by atoms with E-state index in [1.54, 1.807) is 19.2 Å². The van der Waals surface area contributed by atoms with Crippen LogP contribution in [0.5, 0.6) is 0 Å². The van der Waals surface area contributed by atoms with Gasteiger partial charge in [-0.1, -0.05) is 43.7 Å². The summed E-state index contributed by atoms with van der Waals surface area (Å²) in [6.45, 7) is 2.24. The smallest absolute Gasteiger partial charge is 0.156 e. The second-order valence-corrected chi connectivity index (χ2v) is 5.68. The van der Waals surface area contributed by atoms with Crippen molar-refractivity contribution in [2.75, 3.05) is 13.7 Å². The summed E-state index contributed by atoms with van der Waals surface area (Å²) in [5, 5.41) is 2.78. The summed E-state index contributed by atoms with van der Waals surface area (Å²) in [7, 11) is -2.30. The predicted octanol–water partition coefficient (Wildman–Crippen LogP) is 2.27. The standard InChI is InChI=1S/C12H20NO3P/c1-3-4-10-16-17(14,15)12(13-2)11-8-6-5-7-9-11/h5-9,12-13H,3-4,10H2,1-2H3,(H,14,15)/p-1. The quantitative estimate of drug-likeness (QED) is 0.600. The number of hydrogen-bond donors (Lipinski definition) is 1. The van der Waals surface area contributed by atoms with Crippen molar-refractivity contribution in [3.05, 3.63) is 35.9 Å². The maximum absolute atomic E-state index is 12.0. The first-order chi connectivity index (χ1) is 8.11. The van der Waals surface area contributed by atoms with Crippen molar-refractivity contribution in [3.63, 3.8) is 0 Å². The van der Waals surface area contributed by atoms with Crippen molar-refractivity contribution in [2.24, 2.45) is 0 Å². The average molecular weight is 256 g/mol. The average Bonchev–Trinajstić information content (AvgIpc) is 2.31. The molecule has 2 unspecified atom stereocenters. The van der Waals surface area contributed by atoms with Gasteiger partial charge in [0.1, 0.15) is 0 Å². The first-order valence-corrected chi connectivity index (χ1v) is 7.40. The lowest BCUT2D eigenvalue weighted by Crippen LogP contribution is -2.24. The topological polar surface area (TPSA) is 61.4 Å². The van der Waals surface area contributed by atoms with Gasteiger partial charge in [0.25, 0.3) is 0 Å². The van der Waals surface area contributed by atoms with E-state index in [2.05, 4.69) is 5.32 Å². The fourth-order valence-corrected chi connectivity index (χ4v) is 2.94. The monoisotopic (exact) mass is 256 g/mol. The van der Waals surface area contributed by atoms with E-state index in [1.807, 2.05) is 25.1 Å². The molecule has 0 bridgehead atoms. The molecule has 1 rings (SSSR count). The Labute approximate surface area is 103 Å². The summed E-state index contributed by atoms with van der Waals surface area (Å²) in [5.41, 5.74) is 0.699. The van der Waals surface area contributed by atoms with Gasteiger partial charge in [0.2, 0.25) is 0 Å². The van der Waals surface area contributed by atoms with Crippen LogP contribution in [0.2, 0.25) is 0 Å². The van der Waals surface area contributed by atoms with Crippen LogP contribution in [0.25, 0.3) is 0 Å². The van der Waals surface area contributed by atoms with E-state index in [1.165, 1.54) is 0 Å². The molecule has 1 N–H and O–H groups in total. The van der Waals surface area contributed by atoms with E-state index in [4.69, 9.17) is 4.52 Å². The van der Waals surface area contributed by atoms with Crippen LogP contribution in [0.4, 0.5) is 0 Å². The SMILES string of the molecule is CCCCOP(=O)([O-])C(NC)c1ccccc1. The van der Waals surface area contributed by atoms with Gasteiger partial charge in [-0.05, 0) is 19.0 Å². The van der Waals surface area contributed by atoms with E-state index in [9.17, 15) is 9.46 Å². The molecule has 2 atom stereocenters. The number of rotatable bonds is 7. The van der Waals surface area contributed by atoms with Crippen LogP contribution in [0.15, 0.2) is 30.3 Å². The third kappa shape index (κ3) is 4.25. The molecule has 0 heterocycles. The van der Waals surface area contributed by atoms with Crippen LogP contribution >= 0.6 is 7.60 Å². The van der Waals surface area contributed by atoms with Gasteiger partial charge in [0.15, 0.2) is 7.60 Å². The molecule has 0 radical (unpaired) electrons. The first kappa shape index (κ1) is 14.4. The lowest BCUT2D eigenvalue weighted by atomic mass is 10.2. The fraction of sp³-hybridized carbons (Fsp3) is 0.500. The van der Waals surface area contributed by atoms with Gasteiger partial charge in [-0.2, -0.15) is 0 Å². The van der Waals surface area contributed by atoms with Gasteiger partial charge in [0, 0.05) is 0 Å². The van der Waals surface area contributed by atoms with Crippen molar-refractivity contribution < 1.29 is 14.0 Å². The van der Waals surface area contributed by atoms with Gasteiger partial charge in [-0.25, -0.2) is 0 Å². The van der Waals surface area contributed by atoms with Crippen LogP contribution in [0, 0.1) is 0 Å². The summed E-state index contributed by atoms with van der Waals surface area (Å²) in [6.07, 6.45) is 1.66. The van der Waals surface area contributed by atoms with Crippen LogP contribution < -0.4 is 10.2 Å². The van der Waals surface area contributed by atoms with Crippen LogP contribution in [-0.2, 0) is 9.09 Å². The zero-order valence-corrected chi connectivity index (χ0v) is 11.2. The predicted molar refractivity (Wildman–Crippen MR) is 66.7 cm³/mol. The zero-order chi connectivity index (χ0) is 12.7. The van der Waals surface area contributed by atoms with Gasteiger partial charge in [-0.3, -0.25) is 0 Å². The number of unbranched alkanes of at least 4 members (excludes halogenated alkanes) is 1. The van der Waals surface area contributed by atoms with Gasteiger partial charge in [0.05, 0.1) is 12.4 Å². The maximum atomic E-state index is 12.0. The summed E-state index contributed by atoms with van der Waals surface area (Å²) >= 11 is 0. The molecule has 0 aromatic heterocycles. The number of benzene rings is 1. The van der Waals surface area contributed by atoms with E-state index < -0.39 is 13.4 Å². The van der Waals surface area contributed by atoms with Gasteiger partial charge < -0.3 is 19.3 Å². The maximum Gasteiger partial charge on any atom is 0.156 e. The highest BCUT2D eigenvalue weighted by atomic mass is 31.2. The first-order valence-electron chi connectivity index (χ1n) is 5.79. The molecule has 0 amide bonds. The van der Waals surface area contributed by atoms with Gasteiger partial charge in [-0.15, -0.1) is 0 Å². The van der Waals surface area contributed by atoms with Crippen molar-refractivity contribution in [1.82, 2.24) is 5.32 Å². The Balaban J connectivity index is 2.76. The molecule has 0 spiro atoms. The van der Waals surface area contributed by atoms with Gasteiger partial charge >= 0.3 is 0 Å². The Hall–Kier alpha value is -0.670. The fourth-order valence-electron chi connectivity index (χ4n) is 1.55. The molecule has 0 saturated carbocycles. The molecule has 1 aromatic rings. The second kappa shape index (κ2) is 6.92. The Kier molecular flexibility index (Phi) is 5.86. The second-order valence-electron chi connectivity index (χ2n) is 3.83. The van der Waals surface area contributed by atoms with Crippen molar-refractivity contribution in [1.29, 1.82) is 0 Å². The van der Waals surface area contributed by atoms with Crippen molar-refractivity contribution in [3.8, 4) is 0 Å². The summed E-state index contributed by atoms with van der Waals surface area (Å²) in [6, 6.07) is 9.02. The van der Waals surface area contributed by atoms with E-state index in [0.717, 1.165) is 12.8 Å². The Morgan fingerprint density at radius 1 is 1.41 bits per heavy atom. The highest BCUT2D eigenvalue weighted by Crippen LogP contribution is 2.50. The lowest BCUT2D eigenvalue weighted by molar-refractivity contribution is -0.202. The molecule has 1 aromatic carbocycles. The summed E-state index contributed by atoms with van der Waals surface area (Å²) in [4.78, 5) is 12.0.